The van der Waals surface area contributed by atoms with Gasteiger partial charge in [0.05, 0.1) is 9.53 Å². The highest BCUT2D eigenvalue weighted by Crippen LogP contribution is 2.33. The van der Waals surface area contributed by atoms with Crippen LogP contribution in [-0.4, -0.2) is 14.5 Å². The monoisotopic (exact) mass is 289 g/mol. The van der Waals surface area contributed by atoms with Crippen molar-refractivity contribution in [3.05, 3.63) is 32.0 Å². The molecule has 0 saturated carbocycles. The Morgan fingerprint density at radius 2 is 2.33 bits per heavy atom. The first-order chi connectivity index (χ1) is 7.02. The van der Waals surface area contributed by atoms with Crippen molar-refractivity contribution in [3.63, 3.8) is 0 Å². The summed E-state index contributed by atoms with van der Waals surface area (Å²) in [5, 5.41) is 11.3. The van der Waals surface area contributed by atoms with Crippen molar-refractivity contribution in [2.75, 3.05) is 0 Å². The Hall–Kier alpha value is -1.14. The lowest BCUT2D eigenvalue weighted by Gasteiger charge is -1.98. The molecule has 0 aliphatic rings. The molecule has 0 radical (unpaired) electrons. The van der Waals surface area contributed by atoms with Crippen molar-refractivity contribution in [2.45, 2.75) is 0 Å². The van der Waals surface area contributed by atoms with Crippen LogP contribution >= 0.6 is 27.5 Å². The van der Waals surface area contributed by atoms with Crippen LogP contribution in [0.2, 0.25) is 5.02 Å². The fourth-order valence-corrected chi connectivity index (χ4v) is 1.98. The first-order valence-electron chi connectivity index (χ1n) is 3.96. The molecule has 78 valence electrons. The van der Waals surface area contributed by atoms with Crippen molar-refractivity contribution in [1.82, 2.24) is 9.55 Å². The molecule has 0 N–H and O–H groups in total. The normalized spacial score (nSPS) is 10.9. The van der Waals surface area contributed by atoms with Crippen LogP contribution < -0.4 is 0 Å². The highest BCUT2D eigenvalue weighted by Gasteiger charge is 2.18. The molecular formula is C8H5BrClN3O2. The Morgan fingerprint density at radius 1 is 1.67 bits per heavy atom. The Kier molecular flexibility index (Phi) is 2.40. The summed E-state index contributed by atoms with van der Waals surface area (Å²) in [6.45, 7) is 0. The molecule has 2 rings (SSSR count). The number of hydrogen-bond acceptors (Lipinski definition) is 3. The first-order valence-corrected chi connectivity index (χ1v) is 5.13. The number of aryl methyl sites for hydroxylation is 1. The summed E-state index contributed by atoms with van der Waals surface area (Å²) in [5.74, 6) is 0. The molecule has 0 aromatic carbocycles. The largest absolute Gasteiger partial charge is 0.323 e. The van der Waals surface area contributed by atoms with Crippen LogP contribution in [0.5, 0.6) is 0 Å². The van der Waals surface area contributed by atoms with E-state index in [1.54, 1.807) is 17.7 Å². The summed E-state index contributed by atoms with van der Waals surface area (Å²) in [4.78, 5) is 14.1. The van der Waals surface area contributed by atoms with Gasteiger partial charge in [-0.3, -0.25) is 10.1 Å². The van der Waals surface area contributed by atoms with Gasteiger partial charge >= 0.3 is 5.69 Å². The summed E-state index contributed by atoms with van der Waals surface area (Å²) >= 11 is 9.20. The molecule has 0 atom stereocenters. The van der Waals surface area contributed by atoms with Crippen molar-refractivity contribution in [1.29, 1.82) is 0 Å². The van der Waals surface area contributed by atoms with Crippen LogP contribution in [0.4, 0.5) is 5.69 Å². The van der Waals surface area contributed by atoms with E-state index < -0.39 is 4.92 Å². The predicted octanol–water partition coefficient (Wildman–Crippen LogP) is 2.90. The Balaban J connectivity index is 2.85. The van der Waals surface area contributed by atoms with E-state index in [1.807, 2.05) is 0 Å². The number of rotatable bonds is 1. The topological polar surface area (TPSA) is 61.0 Å². The van der Waals surface area contributed by atoms with Gasteiger partial charge in [-0.25, -0.2) is 4.98 Å². The lowest BCUT2D eigenvalue weighted by atomic mass is 10.3. The summed E-state index contributed by atoms with van der Waals surface area (Å²) in [5.41, 5.74) is 0.430. The molecule has 2 aromatic heterocycles. The zero-order chi connectivity index (χ0) is 11.2. The van der Waals surface area contributed by atoms with Crippen LogP contribution in [0, 0.1) is 10.1 Å². The molecule has 5 nitrogen and oxygen atoms in total. The average molecular weight is 291 g/mol. The van der Waals surface area contributed by atoms with Gasteiger partial charge in [-0.15, -0.1) is 0 Å². The molecule has 0 fully saturated rings. The second-order valence-corrected chi connectivity index (χ2v) is 4.17. The highest BCUT2D eigenvalue weighted by molar-refractivity contribution is 9.10. The molecule has 0 spiro atoms. The summed E-state index contributed by atoms with van der Waals surface area (Å²) in [6, 6.07) is 1.71. The van der Waals surface area contributed by atoms with E-state index in [4.69, 9.17) is 11.6 Å². The van der Waals surface area contributed by atoms with Gasteiger partial charge in [-0.2, -0.15) is 0 Å². The number of fused-ring (bicyclic) bond motifs is 1. The van der Waals surface area contributed by atoms with Crippen molar-refractivity contribution in [3.8, 4) is 0 Å². The quantitative estimate of drug-likeness (QED) is 0.599. The van der Waals surface area contributed by atoms with Gasteiger partial charge in [0.1, 0.15) is 16.9 Å². The van der Waals surface area contributed by atoms with Crippen LogP contribution in [0.25, 0.3) is 11.0 Å². The smallest absolute Gasteiger partial charge is 0.306 e. The van der Waals surface area contributed by atoms with E-state index >= 15 is 0 Å². The summed E-state index contributed by atoms with van der Waals surface area (Å²) in [7, 11) is 1.79. The molecule has 15 heavy (non-hydrogen) atoms. The zero-order valence-corrected chi connectivity index (χ0v) is 9.91. The van der Waals surface area contributed by atoms with E-state index in [0.717, 1.165) is 10.8 Å². The van der Waals surface area contributed by atoms with E-state index in [0.29, 0.717) is 11.0 Å². The highest BCUT2D eigenvalue weighted by atomic mass is 79.9. The van der Waals surface area contributed by atoms with Gasteiger partial charge in [0.2, 0.25) is 0 Å². The van der Waals surface area contributed by atoms with Gasteiger partial charge in [-0.05, 0) is 22.0 Å². The maximum absolute atomic E-state index is 10.6. The number of halogens is 2. The van der Waals surface area contributed by atoms with Gasteiger partial charge < -0.3 is 4.57 Å². The third-order valence-corrected chi connectivity index (χ3v) is 3.27. The number of hydrogen-bond donors (Lipinski definition) is 0. The summed E-state index contributed by atoms with van der Waals surface area (Å²) in [6.07, 6.45) is 1.16. The van der Waals surface area contributed by atoms with E-state index in [2.05, 4.69) is 20.9 Å². The fraction of sp³-hybridized carbons (Fsp3) is 0.125. The standard InChI is InChI=1S/C8H5BrClN3O2/c1-12-6(9)2-4-7(10)5(13(14)15)3-11-8(4)12/h2-3H,1H3. The maximum atomic E-state index is 10.6. The minimum Gasteiger partial charge on any atom is -0.323 e. The van der Waals surface area contributed by atoms with Crippen LogP contribution in [0.1, 0.15) is 0 Å². The van der Waals surface area contributed by atoms with Gasteiger partial charge in [0.25, 0.3) is 0 Å². The van der Waals surface area contributed by atoms with E-state index in [9.17, 15) is 10.1 Å². The zero-order valence-electron chi connectivity index (χ0n) is 7.57. The molecular weight excluding hydrogens is 285 g/mol. The number of aromatic nitrogens is 2. The fourth-order valence-electron chi connectivity index (χ4n) is 1.32. The third-order valence-electron chi connectivity index (χ3n) is 2.11. The molecule has 0 unspecified atom stereocenters. The molecule has 0 aliphatic carbocycles. The number of pyridine rings is 1. The number of nitro groups is 1. The maximum Gasteiger partial charge on any atom is 0.306 e. The van der Waals surface area contributed by atoms with Gasteiger partial charge in [0.15, 0.2) is 0 Å². The predicted molar refractivity (Wildman–Crippen MR) is 60.1 cm³/mol. The van der Waals surface area contributed by atoms with Crippen LogP contribution in [0.3, 0.4) is 0 Å². The Morgan fingerprint density at radius 3 is 2.93 bits per heavy atom. The second-order valence-electron chi connectivity index (χ2n) is 2.98. The van der Waals surface area contributed by atoms with Crippen LogP contribution in [-0.2, 0) is 7.05 Å². The molecule has 0 saturated heterocycles. The van der Waals surface area contributed by atoms with Crippen LogP contribution in [0.15, 0.2) is 16.9 Å². The molecule has 0 aliphatic heterocycles. The molecule has 7 heteroatoms. The van der Waals surface area contributed by atoms with E-state index in [-0.39, 0.29) is 10.7 Å². The van der Waals surface area contributed by atoms with Crippen molar-refractivity contribution >= 4 is 44.3 Å². The first kappa shape index (κ1) is 10.4. The van der Waals surface area contributed by atoms with Gasteiger partial charge in [0, 0.05) is 12.4 Å². The molecule has 2 heterocycles. The minimum absolute atomic E-state index is 0.117. The molecule has 2 aromatic rings. The Bertz CT molecular complexity index is 567. The lowest BCUT2D eigenvalue weighted by molar-refractivity contribution is -0.384. The Labute approximate surface area is 97.9 Å². The van der Waals surface area contributed by atoms with Crippen molar-refractivity contribution < 1.29 is 4.92 Å². The second kappa shape index (κ2) is 3.46. The lowest BCUT2D eigenvalue weighted by Crippen LogP contribution is -1.93. The average Bonchev–Trinajstić information content (AvgIpc) is 2.45. The summed E-state index contributed by atoms with van der Waals surface area (Å²) < 4.78 is 2.53. The third kappa shape index (κ3) is 1.49. The van der Waals surface area contributed by atoms with E-state index in [1.165, 1.54) is 0 Å². The molecule has 0 bridgehead atoms. The van der Waals surface area contributed by atoms with Gasteiger partial charge in [-0.1, -0.05) is 11.6 Å². The number of nitrogens with zero attached hydrogens (tertiary/aromatic N) is 3. The SMILES string of the molecule is Cn1c(Br)cc2c(Cl)c([N+](=O)[O-])cnc21. The van der Waals surface area contributed by atoms with Crippen molar-refractivity contribution in [2.24, 2.45) is 7.05 Å². The molecule has 0 amide bonds. The minimum atomic E-state index is -0.546.